The molecule has 0 unspecified atom stereocenters. The number of rotatable bonds is 8. The van der Waals surface area contributed by atoms with Gasteiger partial charge in [-0.15, -0.1) is 0 Å². The molecule has 5 nitrogen and oxygen atoms in total. The number of benzene rings is 1. The highest BCUT2D eigenvalue weighted by molar-refractivity contribution is 5.78. The molecule has 0 heterocycles. The number of ether oxygens (including phenoxy) is 2. The second kappa shape index (κ2) is 8.87. The zero-order chi connectivity index (χ0) is 18.4. The van der Waals surface area contributed by atoms with Gasteiger partial charge in [0.1, 0.15) is 5.75 Å². The van der Waals surface area contributed by atoms with E-state index in [2.05, 4.69) is 17.6 Å². The van der Waals surface area contributed by atoms with E-state index in [1.54, 1.807) is 7.11 Å². The first-order valence-electron chi connectivity index (χ1n) is 9.92. The molecule has 1 spiro atoms. The summed E-state index contributed by atoms with van der Waals surface area (Å²) in [5.74, 6) is 0.875. The van der Waals surface area contributed by atoms with E-state index in [0.717, 1.165) is 24.3 Å². The van der Waals surface area contributed by atoms with Gasteiger partial charge in [-0.1, -0.05) is 31.4 Å². The summed E-state index contributed by atoms with van der Waals surface area (Å²) < 4.78 is 11.1. The third kappa shape index (κ3) is 4.21. The van der Waals surface area contributed by atoms with Crippen LogP contribution in [0.1, 0.15) is 51.0 Å². The largest absolute Gasteiger partial charge is 0.497 e. The van der Waals surface area contributed by atoms with Crippen molar-refractivity contribution < 1.29 is 14.3 Å². The summed E-state index contributed by atoms with van der Waals surface area (Å²) in [7, 11) is 1.65. The Morgan fingerprint density at radius 1 is 1.19 bits per heavy atom. The fourth-order valence-corrected chi connectivity index (χ4v) is 4.57. The molecule has 2 fully saturated rings. The first-order chi connectivity index (χ1) is 12.7. The van der Waals surface area contributed by atoms with Gasteiger partial charge in [-0.2, -0.15) is 0 Å². The molecule has 0 aromatic heterocycles. The van der Waals surface area contributed by atoms with E-state index in [0.29, 0.717) is 25.2 Å². The van der Waals surface area contributed by atoms with Crippen LogP contribution in [-0.4, -0.2) is 38.3 Å². The fourth-order valence-electron chi connectivity index (χ4n) is 4.57. The Morgan fingerprint density at radius 2 is 1.92 bits per heavy atom. The standard InChI is InChI=1S/C21H32N2O3/c1-3-26-19-13-18(21(19)11-5-4-6-12-21)22-15-20(24)23-14-16-7-9-17(25-2)10-8-16/h7-10,18-19,22H,3-6,11-15H2,1-2H3,(H,23,24)/t18-,19-/m0/s1. The summed E-state index contributed by atoms with van der Waals surface area (Å²) in [6, 6.07) is 8.18. The lowest BCUT2D eigenvalue weighted by Gasteiger charge is -2.58. The van der Waals surface area contributed by atoms with Gasteiger partial charge in [-0.3, -0.25) is 4.79 Å². The average molecular weight is 360 g/mol. The molecule has 26 heavy (non-hydrogen) atoms. The Hall–Kier alpha value is -1.59. The molecular weight excluding hydrogens is 328 g/mol. The quantitative estimate of drug-likeness (QED) is 0.748. The Balaban J connectivity index is 1.44. The van der Waals surface area contributed by atoms with Gasteiger partial charge in [0.25, 0.3) is 0 Å². The molecule has 0 radical (unpaired) electrons. The van der Waals surface area contributed by atoms with Crippen LogP contribution in [0, 0.1) is 5.41 Å². The highest BCUT2D eigenvalue weighted by atomic mass is 16.5. The van der Waals surface area contributed by atoms with E-state index < -0.39 is 0 Å². The molecule has 1 amide bonds. The summed E-state index contributed by atoms with van der Waals surface area (Å²) in [4.78, 5) is 12.2. The van der Waals surface area contributed by atoms with Gasteiger partial charge in [-0.25, -0.2) is 0 Å². The number of nitrogens with one attached hydrogen (secondary N) is 2. The Bertz CT molecular complexity index is 581. The molecule has 2 aliphatic carbocycles. The van der Waals surface area contributed by atoms with Crippen molar-refractivity contribution in [1.29, 1.82) is 0 Å². The van der Waals surface area contributed by atoms with E-state index in [1.165, 1.54) is 32.1 Å². The van der Waals surface area contributed by atoms with Crippen LogP contribution >= 0.6 is 0 Å². The van der Waals surface area contributed by atoms with Crippen LogP contribution in [0.15, 0.2) is 24.3 Å². The highest BCUT2D eigenvalue weighted by Gasteiger charge is 2.55. The van der Waals surface area contributed by atoms with Crippen LogP contribution in [0.3, 0.4) is 0 Å². The summed E-state index contributed by atoms with van der Waals surface area (Å²) in [5.41, 5.74) is 1.33. The monoisotopic (exact) mass is 360 g/mol. The van der Waals surface area contributed by atoms with E-state index in [9.17, 15) is 4.79 Å². The molecule has 0 aliphatic heterocycles. The number of hydrogen-bond acceptors (Lipinski definition) is 4. The fraction of sp³-hybridized carbons (Fsp3) is 0.667. The number of amides is 1. The molecule has 5 heteroatoms. The minimum atomic E-state index is 0.0478. The maximum atomic E-state index is 12.2. The van der Waals surface area contributed by atoms with Crippen LogP contribution in [0.5, 0.6) is 5.75 Å². The molecule has 2 saturated carbocycles. The molecular formula is C21H32N2O3. The Morgan fingerprint density at radius 3 is 2.58 bits per heavy atom. The molecule has 1 aromatic rings. The van der Waals surface area contributed by atoms with Gasteiger partial charge in [0.2, 0.25) is 5.91 Å². The predicted molar refractivity (Wildman–Crippen MR) is 102 cm³/mol. The van der Waals surface area contributed by atoms with Gasteiger partial charge in [0.15, 0.2) is 0 Å². The molecule has 0 bridgehead atoms. The average Bonchev–Trinajstić information content (AvgIpc) is 2.69. The van der Waals surface area contributed by atoms with Gasteiger partial charge in [0.05, 0.1) is 19.8 Å². The lowest BCUT2D eigenvalue weighted by molar-refractivity contribution is -0.151. The van der Waals surface area contributed by atoms with Crippen molar-refractivity contribution in [2.24, 2.45) is 5.41 Å². The minimum Gasteiger partial charge on any atom is -0.497 e. The first-order valence-corrected chi connectivity index (χ1v) is 9.92. The first kappa shape index (κ1) is 19.2. The van der Waals surface area contributed by atoms with Gasteiger partial charge in [-0.05, 0) is 43.9 Å². The maximum absolute atomic E-state index is 12.2. The lowest BCUT2D eigenvalue weighted by atomic mass is 9.55. The third-order valence-corrected chi connectivity index (χ3v) is 6.10. The summed E-state index contributed by atoms with van der Waals surface area (Å²) >= 11 is 0. The maximum Gasteiger partial charge on any atom is 0.234 e. The zero-order valence-electron chi connectivity index (χ0n) is 16.1. The Labute approximate surface area is 156 Å². The smallest absolute Gasteiger partial charge is 0.234 e. The van der Waals surface area contributed by atoms with Crippen molar-refractivity contribution in [3.8, 4) is 5.75 Å². The SMILES string of the molecule is CCO[C@H]1C[C@H](NCC(=O)NCc2ccc(OC)cc2)C12CCCCC2. The van der Waals surface area contributed by atoms with Crippen molar-refractivity contribution >= 4 is 5.91 Å². The normalized spacial score (nSPS) is 24.1. The number of hydrogen-bond donors (Lipinski definition) is 2. The van der Waals surface area contributed by atoms with Crippen molar-refractivity contribution in [3.63, 3.8) is 0 Å². The van der Waals surface area contributed by atoms with Crippen LogP contribution in [-0.2, 0) is 16.1 Å². The Kier molecular flexibility index (Phi) is 6.54. The van der Waals surface area contributed by atoms with E-state index in [-0.39, 0.29) is 11.3 Å². The number of methoxy groups -OCH3 is 1. The predicted octanol–water partition coefficient (Wildman–Crippen LogP) is 3.03. The summed E-state index contributed by atoms with van der Waals surface area (Å²) in [6.45, 7) is 3.77. The second-order valence-electron chi connectivity index (χ2n) is 7.53. The van der Waals surface area contributed by atoms with Gasteiger partial charge >= 0.3 is 0 Å². The van der Waals surface area contributed by atoms with Gasteiger partial charge < -0.3 is 20.1 Å². The third-order valence-electron chi connectivity index (χ3n) is 6.10. The zero-order valence-corrected chi connectivity index (χ0v) is 16.1. The highest BCUT2D eigenvalue weighted by Crippen LogP contribution is 2.53. The molecule has 0 saturated heterocycles. The van der Waals surface area contributed by atoms with Crippen LogP contribution in [0.4, 0.5) is 0 Å². The van der Waals surface area contributed by atoms with Crippen molar-refractivity contribution in [3.05, 3.63) is 29.8 Å². The van der Waals surface area contributed by atoms with Gasteiger partial charge in [0, 0.05) is 24.6 Å². The van der Waals surface area contributed by atoms with Crippen molar-refractivity contribution in [2.45, 2.75) is 64.1 Å². The molecule has 2 atom stereocenters. The topological polar surface area (TPSA) is 59.6 Å². The molecule has 2 aliphatic rings. The lowest BCUT2D eigenvalue weighted by Crippen LogP contribution is -2.65. The summed E-state index contributed by atoms with van der Waals surface area (Å²) in [5, 5.41) is 6.50. The molecule has 144 valence electrons. The number of carbonyl (C=O) groups excluding carboxylic acids is 1. The minimum absolute atomic E-state index is 0.0478. The van der Waals surface area contributed by atoms with E-state index in [4.69, 9.17) is 9.47 Å². The van der Waals surface area contributed by atoms with Crippen molar-refractivity contribution in [1.82, 2.24) is 10.6 Å². The molecule has 3 rings (SSSR count). The van der Waals surface area contributed by atoms with Crippen LogP contribution in [0.25, 0.3) is 0 Å². The van der Waals surface area contributed by atoms with Crippen molar-refractivity contribution in [2.75, 3.05) is 20.3 Å². The molecule has 2 N–H and O–H groups in total. The van der Waals surface area contributed by atoms with Crippen LogP contribution in [0.2, 0.25) is 0 Å². The second-order valence-corrected chi connectivity index (χ2v) is 7.53. The summed E-state index contributed by atoms with van der Waals surface area (Å²) in [6.07, 6.45) is 7.74. The molecule has 1 aromatic carbocycles. The van der Waals surface area contributed by atoms with E-state index in [1.807, 2.05) is 24.3 Å². The van der Waals surface area contributed by atoms with E-state index >= 15 is 0 Å². The van der Waals surface area contributed by atoms with Crippen LogP contribution < -0.4 is 15.4 Å². The number of carbonyl (C=O) groups is 1.